The SMILES string of the molecule is CCOc1cc(C(=O)NCC(=O)NN=Cc2cccc(OC)c2OC)cc(OCC)c1OCC. The van der Waals surface area contributed by atoms with Gasteiger partial charge in [0, 0.05) is 11.1 Å². The number of hydrazone groups is 1. The summed E-state index contributed by atoms with van der Waals surface area (Å²) in [7, 11) is 3.04. The Bertz CT molecular complexity index is 981. The summed E-state index contributed by atoms with van der Waals surface area (Å²) in [5.74, 6) is 1.26. The maximum Gasteiger partial charge on any atom is 0.259 e. The van der Waals surface area contributed by atoms with Crippen molar-refractivity contribution in [3.8, 4) is 28.7 Å². The molecule has 0 aliphatic heterocycles. The van der Waals surface area contributed by atoms with E-state index in [-0.39, 0.29) is 12.1 Å². The standard InChI is InChI=1S/C24H31N3O7/c1-6-32-19-12-17(13-20(33-7-2)23(19)34-8-3)24(29)25-15-21(28)27-26-14-16-10-9-11-18(30-4)22(16)31-5/h9-14H,6-8,15H2,1-5H3,(H,25,29)(H,27,28). The number of nitrogens with zero attached hydrogens (tertiary/aromatic N) is 1. The second-order valence-electron chi connectivity index (χ2n) is 6.66. The van der Waals surface area contributed by atoms with Gasteiger partial charge in [0.25, 0.3) is 11.8 Å². The molecule has 34 heavy (non-hydrogen) atoms. The molecule has 0 bridgehead atoms. The molecule has 2 aromatic carbocycles. The van der Waals surface area contributed by atoms with E-state index in [2.05, 4.69) is 15.8 Å². The van der Waals surface area contributed by atoms with E-state index in [0.717, 1.165) is 0 Å². The molecule has 0 unspecified atom stereocenters. The van der Waals surface area contributed by atoms with E-state index < -0.39 is 11.8 Å². The minimum atomic E-state index is -0.507. The van der Waals surface area contributed by atoms with Gasteiger partial charge >= 0.3 is 0 Å². The van der Waals surface area contributed by atoms with E-state index in [1.807, 2.05) is 20.8 Å². The summed E-state index contributed by atoms with van der Waals surface area (Å²) in [6, 6.07) is 8.39. The number of carbonyl (C=O) groups excluding carboxylic acids is 2. The second kappa shape index (κ2) is 13.6. The van der Waals surface area contributed by atoms with E-state index in [0.29, 0.717) is 54.1 Å². The molecule has 2 aromatic rings. The summed E-state index contributed by atoms with van der Waals surface area (Å²) in [4.78, 5) is 24.8. The molecule has 0 radical (unpaired) electrons. The molecule has 0 aromatic heterocycles. The number of para-hydroxylation sites is 1. The Morgan fingerprint density at radius 2 is 1.53 bits per heavy atom. The predicted molar refractivity (Wildman–Crippen MR) is 128 cm³/mol. The molecule has 2 rings (SSSR count). The molecule has 0 aliphatic carbocycles. The van der Waals surface area contributed by atoms with Crippen molar-refractivity contribution in [3.05, 3.63) is 41.5 Å². The molecule has 0 saturated heterocycles. The summed E-state index contributed by atoms with van der Waals surface area (Å²) < 4.78 is 27.4. The van der Waals surface area contributed by atoms with Gasteiger partial charge in [-0.1, -0.05) is 6.07 Å². The van der Waals surface area contributed by atoms with Crippen molar-refractivity contribution in [1.29, 1.82) is 0 Å². The molecule has 10 nitrogen and oxygen atoms in total. The lowest BCUT2D eigenvalue weighted by molar-refractivity contribution is -0.120. The molecule has 10 heteroatoms. The van der Waals surface area contributed by atoms with Crippen molar-refractivity contribution in [2.75, 3.05) is 40.6 Å². The summed E-state index contributed by atoms with van der Waals surface area (Å²) >= 11 is 0. The normalized spacial score (nSPS) is 10.5. The number of nitrogens with one attached hydrogen (secondary N) is 2. The molecule has 184 valence electrons. The average molecular weight is 474 g/mol. The van der Waals surface area contributed by atoms with Crippen LogP contribution in [0.15, 0.2) is 35.4 Å². The Morgan fingerprint density at radius 1 is 0.882 bits per heavy atom. The van der Waals surface area contributed by atoms with Crippen LogP contribution in [-0.2, 0) is 4.79 Å². The Balaban J connectivity index is 2.05. The van der Waals surface area contributed by atoms with Crippen LogP contribution < -0.4 is 34.4 Å². The van der Waals surface area contributed by atoms with Crippen molar-refractivity contribution in [1.82, 2.24) is 10.7 Å². The van der Waals surface area contributed by atoms with Gasteiger partial charge in [-0.2, -0.15) is 5.10 Å². The van der Waals surface area contributed by atoms with Crippen molar-refractivity contribution < 1.29 is 33.3 Å². The fourth-order valence-electron chi connectivity index (χ4n) is 3.01. The second-order valence-corrected chi connectivity index (χ2v) is 6.66. The number of rotatable bonds is 13. The van der Waals surface area contributed by atoms with Gasteiger partial charge in [0.05, 0.1) is 46.8 Å². The number of carbonyl (C=O) groups is 2. The summed E-state index contributed by atoms with van der Waals surface area (Å²) in [5.41, 5.74) is 3.26. The third-order valence-corrected chi connectivity index (χ3v) is 4.41. The lowest BCUT2D eigenvalue weighted by Crippen LogP contribution is -2.35. The monoisotopic (exact) mass is 473 g/mol. The van der Waals surface area contributed by atoms with Crippen LogP contribution in [0.25, 0.3) is 0 Å². The fraction of sp³-hybridized carbons (Fsp3) is 0.375. The highest BCUT2D eigenvalue weighted by atomic mass is 16.5. The summed E-state index contributed by atoms with van der Waals surface area (Å²) in [5, 5.41) is 6.47. The van der Waals surface area contributed by atoms with Gasteiger partial charge in [-0.25, -0.2) is 5.43 Å². The Morgan fingerprint density at radius 3 is 2.09 bits per heavy atom. The number of hydrogen-bond acceptors (Lipinski definition) is 8. The lowest BCUT2D eigenvalue weighted by atomic mass is 10.1. The van der Waals surface area contributed by atoms with Gasteiger partial charge < -0.3 is 29.0 Å². The highest BCUT2D eigenvalue weighted by molar-refractivity contribution is 5.97. The number of methoxy groups -OCH3 is 2. The number of ether oxygens (including phenoxy) is 5. The van der Waals surface area contributed by atoms with E-state index in [1.165, 1.54) is 20.4 Å². The quantitative estimate of drug-likeness (QED) is 0.339. The van der Waals surface area contributed by atoms with Gasteiger partial charge in [0.2, 0.25) is 5.75 Å². The van der Waals surface area contributed by atoms with E-state index >= 15 is 0 Å². The third kappa shape index (κ3) is 7.03. The first-order chi connectivity index (χ1) is 16.5. The Hall–Kier alpha value is -3.95. The zero-order valence-corrected chi connectivity index (χ0v) is 20.1. The molecule has 0 aliphatic rings. The van der Waals surface area contributed by atoms with Gasteiger partial charge in [-0.3, -0.25) is 9.59 Å². The van der Waals surface area contributed by atoms with Crippen LogP contribution >= 0.6 is 0 Å². The minimum Gasteiger partial charge on any atom is -0.493 e. The first-order valence-electron chi connectivity index (χ1n) is 10.9. The molecule has 0 atom stereocenters. The molecule has 2 N–H and O–H groups in total. The van der Waals surface area contributed by atoms with Crippen molar-refractivity contribution >= 4 is 18.0 Å². The van der Waals surface area contributed by atoms with Crippen LogP contribution in [0.4, 0.5) is 0 Å². The largest absolute Gasteiger partial charge is 0.493 e. The van der Waals surface area contributed by atoms with Gasteiger partial charge in [-0.15, -0.1) is 0 Å². The van der Waals surface area contributed by atoms with Crippen LogP contribution in [0.3, 0.4) is 0 Å². The Labute approximate surface area is 199 Å². The van der Waals surface area contributed by atoms with E-state index in [1.54, 1.807) is 30.3 Å². The summed E-state index contributed by atoms with van der Waals surface area (Å²) in [6.45, 7) is 6.39. The molecule has 0 heterocycles. The zero-order valence-electron chi connectivity index (χ0n) is 20.1. The molecular weight excluding hydrogens is 442 g/mol. The van der Waals surface area contributed by atoms with Crippen LogP contribution in [0, 0.1) is 0 Å². The molecule has 0 spiro atoms. The molecular formula is C24H31N3O7. The van der Waals surface area contributed by atoms with E-state index in [4.69, 9.17) is 23.7 Å². The zero-order chi connectivity index (χ0) is 24.9. The molecule has 0 fully saturated rings. The molecule has 2 amide bonds. The number of amides is 2. The maximum absolute atomic E-state index is 12.7. The van der Waals surface area contributed by atoms with Gasteiger partial charge in [0.15, 0.2) is 23.0 Å². The maximum atomic E-state index is 12.7. The van der Waals surface area contributed by atoms with Gasteiger partial charge in [-0.05, 0) is 45.0 Å². The van der Waals surface area contributed by atoms with Crippen molar-refractivity contribution in [2.45, 2.75) is 20.8 Å². The van der Waals surface area contributed by atoms with Crippen molar-refractivity contribution in [2.24, 2.45) is 5.10 Å². The van der Waals surface area contributed by atoms with E-state index in [9.17, 15) is 9.59 Å². The molecule has 0 saturated carbocycles. The van der Waals surface area contributed by atoms with Crippen LogP contribution in [0.1, 0.15) is 36.7 Å². The highest BCUT2D eigenvalue weighted by Gasteiger charge is 2.18. The fourth-order valence-corrected chi connectivity index (χ4v) is 3.01. The lowest BCUT2D eigenvalue weighted by Gasteiger charge is -2.17. The summed E-state index contributed by atoms with van der Waals surface area (Å²) in [6.07, 6.45) is 1.43. The highest BCUT2D eigenvalue weighted by Crippen LogP contribution is 2.39. The average Bonchev–Trinajstić information content (AvgIpc) is 2.84. The third-order valence-electron chi connectivity index (χ3n) is 4.41. The minimum absolute atomic E-state index is 0.271. The van der Waals surface area contributed by atoms with Crippen molar-refractivity contribution in [3.63, 3.8) is 0 Å². The topological polar surface area (TPSA) is 117 Å². The first kappa shape index (κ1) is 26.3. The van der Waals surface area contributed by atoms with Crippen LogP contribution in [0.2, 0.25) is 0 Å². The van der Waals surface area contributed by atoms with Gasteiger partial charge in [0.1, 0.15) is 0 Å². The first-order valence-corrected chi connectivity index (χ1v) is 10.9. The van der Waals surface area contributed by atoms with Crippen LogP contribution in [-0.4, -0.2) is 58.6 Å². The number of hydrogen-bond donors (Lipinski definition) is 2. The van der Waals surface area contributed by atoms with Crippen LogP contribution in [0.5, 0.6) is 28.7 Å². The predicted octanol–water partition coefficient (Wildman–Crippen LogP) is 2.78. The smallest absolute Gasteiger partial charge is 0.259 e. The Kier molecular flexibility index (Phi) is 10.5. The number of benzene rings is 2.